The topological polar surface area (TPSA) is 71.8 Å². The second-order valence-corrected chi connectivity index (χ2v) is 4.59. The van der Waals surface area contributed by atoms with Crippen molar-refractivity contribution in [1.82, 2.24) is 25.4 Å². The highest BCUT2D eigenvalue weighted by atomic mass is 16.1. The normalized spacial score (nSPS) is 10.5. The fourth-order valence-corrected chi connectivity index (χ4v) is 1.75. The molecule has 0 radical (unpaired) electrons. The van der Waals surface area contributed by atoms with Crippen LogP contribution in [-0.2, 0) is 24.9 Å². The first-order valence-corrected chi connectivity index (χ1v) is 6.53. The van der Waals surface area contributed by atoms with E-state index in [1.165, 1.54) is 0 Å². The number of hydrogen-bond acceptors (Lipinski definition) is 4. The summed E-state index contributed by atoms with van der Waals surface area (Å²) in [6.07, 6.45) is 0. The van der Waals surface area contributed by atoms with Gasteiger partial charge in [0.15, 0.2) is 0 Å². The zero-order chi connectivity index (χ0) is 14.4. The number of nitrogens with one attached hydrogen (secondary N) is 2. The summed E-state index contributed by atoms with van der Waals surface area (Å²) in [6.45, 7) is 3.22. The molecule has 1 heterocycles. The summed E-state index contributed by atoms with van der Waals surface area (Å²) in [6, 6.07) is 9.83. The Morgan fingerprint density at radius 3 is 2.60 bits per heavy atom. The monoisotopic (exact) mass is 273 g/mol. The summed E-state index contributed by atoms with van der Waals surface area (Å²) in [5, 5.41) is 13.9. The quantitative estimate of drug-likeness (QED) is 0.805. The number of amides is 1. The predicted octanol–water partition coefficient (Wildman–Crippen LogP) is 0.530. The molecule has 0 saturated carbocycles. The minimum atomic E-state index is -0.0345. The highest BCUT2D eigenvalue weighted by molar-refractivity contribution is 5.77. The van der Waals surface area contributed by atoms with Gasteiger partial charge < -0.3 is 15.2 Å². The molecule has 0 aliphatic rings. The van der Waals surface area contributed by atoms with Crippen molar-refractivity contribution in [2.45, 2.75) is 20.0 Å². The van der Waals surface area contributed by atoms with Crippen LogP contribution in [0.15, 0.2) is 30.3 Å². The number of carbonyl (C=O) groups is 1. The lowest BCUT2D eigenvalue weighted by Gasteiger charge is -2.06. The standard InChI is InChI=1S/C14H19N5O/c1-11-17-18-13(19(11)2)9-15-10-14(20)16-8-12-6-4-3-5-7-12/h3-7,15H,8-10H2,1-2H3,(H,16,20). The van der Waals surface area contributed by atoms with Crippen LogP contribution < -0.4 is 10.6 Å². The minimum absolute atomic E-state index is 0.0345. The molecular weight excluding hydrogens is 254 g/mol. The molecule has 106 valence electrons. The van der Waals surface area contributed by atoms with Gasteiger partial charge in [0.25, 0.3) is 0 Å². The molecule has 2 rings (SSSR count). The van der Waals surface area contributed by atoms with E-state index < -0.39 is 0 Å². The van der Waals surface area contributed by atoms with Crippen LogP contribution in [0.2, 0.25) is 0 Å². The van der Waals surface area contributed by atoms with Gasteiger partial charge in [0.05, 0.1) is 13.1 Å². The van der Waals surface area contributed by atoms with Crippen LogP contribution in [0.5, 0.6) is 0 Å². The van der Waals surface area contributed by atoms with Crippen molar-refractivity contribution >= 4 is 5.91 Å². The number of nitrogens with zero attached hydrogens (tertiary/aromatic N) is 3. The predicted molar refractivity (Wildman–Crippen MR) is 75.7 cm³/mol. The van der Waals surface area contributed by atoms with Crippen LogP contribution in [0, 0.1) is 6.92 Å². The smallest absolute Gasteiger partial charge is 0.234 e. The Morgan fingerprint density at radius 1 is 1.20 bits per heavy atom. The lowest BCUT2D eigenvalue weighted by molar-refractivity contribution is -0.120. The lowest BCUT2D eigenvalue weighted by Crippen LogP contribution is -2.33. The Bertz CT molecular complexity index is 564. The summed E-state index contributed by atoms with van der Waals surface area (Å²) >= 11 is 0. The number of benzene rings is 1. The van der Waals surface area contributed by atoms with Crippen molar-refractivity contribution in [3.63, 3.8) is 0 Å². The van der Waals surface area contributed by atoms with Crippen molar-refractivity contribution in [1.29, 1.82) is 0 Å². The van der Waals surface area contributed by atoms with Gasteiger partial charge in [0, 0.05) is 13.6 Å². The van der Waals surface area contributed by atoms with E-state index in [9.17, 15) is 4.79 Å². The van der Waals surface area contributed by atoms with Gasteiger partial charge in [-0.05, 0) is 12.5 Å². The van der Waals surface area contributed by atoms with Gasteiger partial charge in [0.2, 0.25) is 5.91 Å². The van der Waals surface area contributed by atoms with Gasteiger partial charge >= 0.3 is 0 Å². The third-order valence-electron chi connectivity index (χ3n) is 3.08. The maximum absolute atomic E-state index is 11.7. The highest BCUT2D eigenvalue weighted by Crippen LogP contribution is 1.97. The summed E-state index contributed by atoms with van der Waals surface area (Å²) in [5.41, 5.74) is 1.09. The third kappa shape index (κ3) is 3.89. The zero-order valence-corrected chi connectivity index (χ0v) is 11.8. The van der Waals surface area contributed by atoms with Crippen LogP contribution in [0.4, 0.5) is 0 Å². The van der Waals surface area contributed by atoms with E-state index in [1.54, 1.807) is 0 Å². The molecule has 6 nitrogen and oxygen atoms in total. The number of aryl methyl sites for hydroxylation is 1. The molecule has 1 aromatic heterocycles. The van der Waals surface area contributed by atoms with Crippen molar-refractivity contribution in [3.05, 3.63) is 47.5 Å². The molecule has 0 atom stereocenters. The first-order chi connectivity index (χ1) is 9.66. The van der Waals surface area contributed by atoms with Gasteiger partial charge in [-0.25, -0.2) is 0 Å². The van der Waals surface area contributed by atoms with Crippen molar-refractivity contribution in [2.75, 3.05) is 6.54 Å². The van der Waals surface area contributed by atoms with Gasteiger partial charge in [-0.1, -0.05) is 30.3 Å². The Balaban J connectivity index is 1.69. The van der Waals surface area contributed by atoms with E-state index in [0.717, 1.165) is 17.2 Å². The van der Waals surface area contributed by atoms with Crippen LogP contribution in [0.1, 0.15) is 17.2 Å². The van der Waals surface area contributed by atoms with Gasteiger partial charge in [-0.15, -0.1) is 10.2 Å². The molecule has 1 amide bonds. The summed E-state index contributed by atoms with van der Waals surface area (Å²) in [7, 11) is 1.90. The number of aromatic nitrogens is 3. The first kappa shape index (κ1) is 14.2. The molecule has 0 saturated heterocycles. The Hall–Kier alpha value is -2.21. The van der Waals surface area contributed by atoms with Crippen LogP contribution in [0.3, 0.4) is 0 Å². The third-order valence-corrected chi connectivity index (χ3v) is 3.08. The second-order valence-electron chi connectivity index (χ2n) is 4.59. The lowest BCUT2D eigenvalue weighted by atomic mass is 10.2. The first-order valence-electron chi connectivity index (χ1n) is 6.53. The van der Waals surface area contributed by atoms with Gasteiger partial charge in [-0.2, -0.15) is 0 Å². The molecule has 2 N–H and O–H groups in total. The maximum atomic E-state index is 11.7. The number of hydrogen-bond donors (Lipinski definition) is 2. The minimum Gasteiger partial charge on any atom is -0.351 e. The Kier molecular flexibility index (Phi) is 4.84. The maximum Gasteiger partial charge on any atom is 0.234 e. The van der Waals surface area contributed by atoms with E-state index in [2.05, 4.69) is 20.8 Å². The zero-order valence-electron chi connectivity index (χ0n) is 11.8. The van der Waals surface area contributed by atoms with Crippen LogP contribution in [0.25, 0.3) is 0 Å². The summed E-state index contributed by atoms with van der Waals surface area (Å²) in [5.74, 6) is 1.64. The van der Waals surface area contributed by atoms with Gasteiger partial charge in [0.1, 0.15) is 11.6 Å². The van der Waals surface area contributed by atoms with E-state index in [4.69, 9.17) is 0 Å². The molecule has 0 spiro atoms. The van der Waals surface area contributed by atoms with E-state index in [0.29, 0.717) is 13.1 Å². The largest absolute Gasteiger partial charge is 0.351 e. The van der Waals surface area contributed by atoms with E-state index >= 15 is 0 Å². The Labute approximate surface area is 118 Å². The Morgan fingerprint density at radius 2 is 1.95 bits per heavy atom. The average Bonchev–Trinajstić information content (AvgIpc) is 2.78. The summed E-state index contributed by atoms with van der Waals surface area (Å²) < 4.78 is 1.90. The van der Waals surface area contributed by atoms with Crippen molar-refractivity contribution in [3.8, 4) is 0 Å². The number of carbonyl (C=O) groups excluding carboxylic acids is 1. The van der Waals surface area contributed by atoms with Crippen LogP contribution in [-0.4, -0.2) is 27.2 Å². The molecule has 20 heavy (non-hydrogen) atoms. The fraction of sp³-hybridized carbons (Fsp3) is 0.357. The SMILES string of the molecule is Cc1nnc(CNCC(=O)NCc2ccccc2)n1C. The fourth-order valence-electron chi connectivity index (χ4n) is 1.75. The molecule has 0 bridgehead atoms. The van der Waals surface area contributed by atoms with Gasteiger partial charge in [-0.3, -0.25) is 4.79 Å². The molecule has 0 unspecified atom stereocenters. The summed E-state index contributed by atoms with van der Waals surface area (Å²) in [4.78, 5) is 11.7. The molecular formula is C14H19N5O. The number of rotatable bonds is 6. The van der Waals surface area contributed by atoms with E-state index in [1.807, 2.05) is 48.9 Å². The molecule has 6 heteroatoms. The second kappa shape index (κ2) is 6.81. The molecule has 0 aliphatic carbocycles. The molecule has 1 aromatic carbocycles. The molecule has 2 aromatic rings. The highest BCUT2D eigenvalue weighted by Gasteiger charge is 2.05. The molecule has 0 fully saturated rings. The molecule has 0 aliphatic heterocycles. The van der Waals surface area contributed by atoms with E-state index in [-0.39, 0.29) is 12.5 Å². The average molecular weight is 273 g/mol. The van der Waals surface area contributed by atoms with Crippen molar-refractivity contribution < 1.29 is 4.79 Å². The van der Waals surface area contributed by atoms with Crippen molar-refractivity contribution in [2.24, 2.45) is 7.05 Å². The van der Waals surface area contributed by atoms with Crippen LogP contribution >= 0.6 is 0 Å².